The van der Waals surface area contributed by atoms with Gasteiger partial charge in [-0.2, -0.15) is 0 Å². The Kier molecular flexibility index (Phi) is 6.10. The van der Waals surface area contributed by atoms with Crippen molar-refractivity contribution in [3.05, 3.63) is 20.3 Å². The number of carbonyl (C=O) groups excluding carboxylic acids is 2. The fraction of sp³-hybridized carbons (Fsp3) is 0.500. The van der Waals surface area contributed by atoms with Crippen LogP contribution in [0.3, 0.4) is 0 Å². The van der Waals surface area contributed by atoms with Crippen molar-refractivity contribution in [3.8, 4) is 0 Å². The molecule has 0 saturated carbocycles. The maximum absolute atomic E-state index is 12.1. The Hall–Kier alpha value is -0.780. The van der Waals surface area contributed by atoms with Gasteiger partial charge in [-0.15, -0.1) is 11.3 Å². The highest BCUT2D eigenvalue weighted by atomic mass is 35.5. The van der Waals surface area contributed by atoms with Crippen molar-refractivity contribution >= 4 is 46.4 Å². The first-order chi connectivity index (χ1) is 8.90. The van der Waals surface area contributed by atoms with Crippen LogP contribution < -0.4 is 0 Å². The SMILES string of the molecule is CCN(CC)C(=O)CN(C)C(=O)c1cc(Cl)sc1Cl. The van der Waals surface area contributed by atoms with Crippen molar-refractivity contribution in [2.24, 2.45) is 0 Å². The van der Waals surface area contributed by atoms with Gasteiger partial charge >= 0.3 is 0 Å². The quantitative estimate of drug-likeness (QED) is 0.836. The fourth-order valence-corrected chi connectivity index (χ4v) is 3.09. The van der Waals surface area contributed by atoms with Crippen LogP contribution in [0.5, 0.6) is 0 Å². The molecular weight excluding hydrogens is 307 g/mol. The second-order valence-corrected chi connectivity index (χ2v) is 6.25. The van der Waals surface area contributed by atoms with Crippen LogP contribution in [0.4, 0.5) is 0 Å². The predicted molar refractivity (Wildman–Crippen MR) is 79.2 cm³/mol. The van der Waals surface area contributed by atoms with Crippen LogP contribution in [0, 0.1) is 0 Å². The molecule has 7 heteroatoms. The van der Waals surface area contributed by atoms with Crippen molar-refractivity contribution in [1.29, 1.82) is 0 Å². The monoisotopic (exact) mass is 322 g/mol. The summed E-state index contributed by atoms with van der Waals surface area (Å²) in [6.07, 6.45) is 0. The van der Waals surface area contributed by atoms with E-state index in [0.717, 1.165) is 11.3 Å². The molecule has 0 spiro atoms. The molecule has 4 nitrogen and oxygen atoms in total. The highest BCUT2D eigenvalue weighted by Gasteiger charge is 2.21. The first kappa shape index (κ1) is 16.3. The maximum Gasteiger partial charge on any atom is 0.256 e. The van der Waals surface area contributed by atoms with E-state index in [9.17, 15) is 9.59 Å². The third-order valence-corrected chi connectivity index (χ3v) is 4.21. The van der Waals surface area contributed by atoms with E-state index in [1.54, 1.807) is 11.9 Å². The second kappa shape index (κ2) is 7.12. The van der Waals surface area contributed by atoms with Crippen LogP contribution in [-0.2, 0) is 4.79 Å². The van der Waals surface area contributed by atoms with Gasteiger partial charge in [0.15, 0.2) is 0 Å². The minimum atomic E-state index is -0.298. The summed E-state index contributed by atoms with van der Waals surface area (Å²) >= 11 is 12.9. The number of carbonyl (C=O) groups is 2. The lowest BCUT2D eigenvalue weighted by molar-refractivity contribution is -0.131. The van der Waals surface area contributed by atoms with Gasteiger partial charge in [0.1, 0.15) is 4.34 Å². The summed E-state index contributed by atoms with van der Waals surface area (Å²) < 4.78 is 0.800. The zero-order valence-electron chi connectivity index (χ0n) is 11.1. The van der Waals surface area contributed by atoms with Gasteiger partial charge in [0, 0.05) is 20.1 Å². The average Bonchev–Trinajstić information content (AvgIpc) is 2.68. The third-order valence-electron chi connectivity index (χ3n) is 2.72. The van der Waals surface area contributed by atoms with Crippen LogP contribution in [-0.4, -0.2) is 48.3 Å². The molecule has 0 aromatic carbocycles. The second-order valence-electron chi connectivity index (χ2n) is 3.97. The van der Waals surface area contributed by atoms with Gasteiger partial charge < -0.3 is 9.80 Å². The van der Waals surface area contributed by atoms with E-state index in [1.165, 1.54) is 11.0 Å². The number of amides is 2. The van der Waals surface area contributed by atoms with Gasteiger partial charge in [0.25, 0.3) is 5.91 Å². The molecule has 0 aliphatic rings. The van der Waals surface area contributed by atoms with Gasteiger partial charge in [0.2, 0.25) is 5.91 Å². The summed E-state index contributed by atoms with van der Waals surface area (Å²) in [7, 11) is 1.58. The number of likely N-dealkylation sites (N-methyl/N-ethyl adjacent to an activating group) is 2. The molecule has 0 saturated heterocycles. The molecule has 1 aromatic heterocycles. The van der Waals surface area contributed by atoms with Gasteiger partial charge in [-0.1, -0.05) is 23.2 Å². The molecule has 0 aliphatic heterocycles. The average molecular weight is 323 g/mol. The predicted octanol–water partition coefficient (Wildman–Crippen LogP) is 3.00. The summed E-state index contributed by atoms with van der Waals surface area (Å²) in [6, 6.07) is 1.52. The summed E-state index contributed by atoms with van der Waals surface area (Å²) in [4.78, 5) is 27.1. The highest BCUT2D eigenvalue weighted by Crippen LogP contribution is 2.31. The number of thiophene rings is 1. The Labute approximate surface area is 126 Å². The maximum atomic E-state index is 12.1. The summed E-state index contributed by atoms with van der Waals surface area (Å²) in [5.41, 5.74) is 0.339. The molecule has 0 N–H and O–H groups in total. The van der Waals surface area contributed by atoms with Crippen molar-refractivity contribution in [3.63, 3.8) is 0 Å². The summed E-state index contributed by atoms with van der Waals surface area (Å²) in [5.74, 6) is -0.382. The van der Waals surface area contributed by atoms with Crippen molar-refractivity contribution in [2.75, 3.05) is 26.7 Å². The van der Waals surface area contributed by atoms with E-state index in [4.69, 9.17) is 23.2 Å². The van der Waals surface area contributed by atoms with Crippen LogP contribution >= 0.6 is 34.5 Å². The molecule has 0 fully saturated rings. The molecule has 106 valence electrons. The Morgan fingerprint density at radius 3 is 2.26 bits per heavy atom. The van der Waals surface area contributed by atoms with E-state index in [2.05, 4.69) is 0 Å². The molecule has 2 amide bonds. The molecule has 0 aliphatic carbocycles. The molecule has 0 bridgehead atoms. The first-order valence-corrected chi connectivity index (χ1v) is 7.46. The normalized spacial score (nSPS) is 10.4. The van der Waals surface area contributed by atoms with E-state index in [1.807, 2.05) is 13.8 Å². The van der Waals surface area contributed by atoms with Crippen molar-refractivity contribution in [1.82, 2.24) is 9.80 Å². The molecule has 19 heavy (non-hydrogen) atoms. The van der Waals surface area contributed by atoms with Gasteiger partial charge in [-0.25, -0.2) is 0 Å². The van der Waals surface area contributed by atoms with E-state index < -0.39 is 0 Å². The van der Waals surface area contributed by atoms with Crippen LogP contribution in [0.2, 0.25) is 8.67 Å². The first-order valence-electron chi connectivity index (χ1n) is 5.88. The third kappa shape index (κ3) is 4.09. The van der Waals surface area contributed by atoms with Crippen LogP contribution in [0.15, 0.2) is 6.07 Å². The lowest BCUT2D eigenvalue weighted by Crippen LogP contribution is -2.41. The van der Waals surface area contributed by atoms with Gasteiger partial charge in [-0.3, -0.25) is 9.59 Å². The summed E-state index contributed by atoms with van der Waals surface area (Å²) in [6.45, 7) is 5.09. The Balaban J connectivity index is 2.73. The van der Waals surface area contributed by atoms with Gasteiger partial charge in [-0.05, 0) is 19.9 Å². The number of rotatable bonds is 5. The minimum Gasteiger partial charge on any atom is -0.342 e. The number of nitrogens with zero attached hydrogens (tertiary/aromatic N) is 2. The Morgan fingerprint density at radius 2 is 1.84 bits per heavy atom. The standard InChI is InChI=1S/C12H16Cl2N2O2S/c1-4-16(5-2)10(17)7-15(3)12(18)8-6-9(13)19-11(8)14/h6H,4-5,7H2,1-3H3. The van der Waals surface area contributed by atoms with E-state index >= 15 is 0 Å². The minimum absolute atomic E-state index is 0.0321. The van der Waals surface area contributed by atoms with Crippen molar-refractivity contribution in [2.45, 2.75) is 13.8 Å². The zero-order chi connectivity index (χ0) is 14.6. The van der Waals surface area contributed by atoms with Gasteiger partial charge in [0.05, 0.1) is 16.4 Å². The van der Waals surface area contributed by atoms with E-state index in [0.29, 0.717) is 27.3 Å². The Bertz CT molecular complexity index is 472. The zero-order valence-corrected chi connectivity index (χ0v) is 13.4. The number of hydrogen-bond donors (Lipinski definition) is 0. The van der Waals surface area contributed by atoms with Crippen LogP contribution in [0.25, 0.3) is 0 Å². The smallest absolute Gasteiger partial charge is 0.256 e. The lowest BCUT2D eigenvalue weighted by Gasteiger charge is -2.23. The largest absolute Gasteiger partial charge is 0.342 e. The highest BCUT2D eigenvalue weighted by molar-refractivity contribution is 7.20. The molecule has 0 unspecified atom stereocenters. The van der Waals surface area contributed by atoms with Crippen LogP contribution in [0.1, 0.15) is 24.2 Å². The molecule has 0 radical (unpaired) electrons. The topological polar surface area (TPSA) is 40.6 Å². The summed E-state index contributed by atoms with van der Waals surface area (Å²) in [5, 5.41) is 0. The number of halogens is 2. The Morgan fingerprint density at radius 1 is 1.26 bits per heavy atom. The molecular formula is C12H16Cl2N2O2S. The lowest BCUT2D eigenvalue weighted by atomic mass is 10.3. The molecule has 1 aromatic rings. The fourth-order valence-electron chi connectivity index (χ4n) is 1.64. The van der Waals surface area contributed by atoms with E-state index in [-0.39, 0.29) is 18.4 Å². The molecule has 0 atom stereocenters. The molecule has 1 rings (SSSR count). The van der Waals surface area contributed by atoms with Crippen molar-refractivity contribution < 1.29 is 9.59 Å². The molecule has 1 heterocycles. The number of hydrogen-bond acceptors (Lipinski definition) is 3.